The van der Waals surface area contributed by atoms with Crippen molar-refractivity contribution in [2.45, 2.75) is 42.0 Å². The Morgan fingerprint density at radius 3 is 2.17 bits per heavy atom. The molecule has 0 aliphatic carbocycles. The predicted molar refractivity (Wildman–Crippen MR) is 138 cm³/mol. The lowest BCUT2D eigenvalue weighted by Gasteiger charge is -2.19. The number of aliphatic carboxylic acids is 4. The number of aliphatic hydroxyl groups is 1. The molecule has 19 heteroatoms. The average molecular weight is 618 g/mol. The lowest BCUT2D eigenvalue weighted by Crippen LogP contribution is -2.49. The number of aromatic hydroxyl groups is 2. The van der Waals surface area contributed by atoms with Crippen molar-refractivity contribution < 1.29 is 74.0 Å². The summed E-state index contributed by atoms with van der Waals surface area (Å²) in [5.74, 6) is -11.7. The van der Waals surface area contributed by atoms with Crippen molar-refractivity contribution in [1.82, 2.24) is 10.6 Å². The fourth-order valence-electron chi connectivity index (χ4n) is 2.87. The Hall–Kier alpha value is -4.88. The fourth-order valence-corrected chi connectivity index (χ4v) is 3.99. The third kappa shape index (κ3) is 11.3. The van der Waals surface area contributed by atoms with Crippen LogP contribution < -0.4 is 16.4 Å². The Kier molecular flexibility index (Phi) is 13.7. The number of aliphatic hydroxyl groups excluding tert-OH is 1. The molecular weight excluding hydrogens is 590 g/mol. The molecule has 0 aliphatic heterocycles. The summed E-state index contributed by atoms with van der Waals surface area (Å²) in [5.41, 5.74) is 5.32. The van der Waals surface area contributed by atoms with Crippen molar-refractivity contribution in [3.63, 3.8) is 0 Å². The van der Waals surface area contributed by atoms with E-state index in [-0.39, 0.29) is 16.9 Å². The topological polar surface area (TPSA) is 320 Å². The van der Waals surface area contributed by atoms with E-state index in [1.54, 1.807) is 0 Å². The zero-order valence-electron chi connectivity index (χ0n) is 21.3. The number of carboxylic acids is 4. The van der Waals surface area contributed by atoms with Gasteiger partial charge in [-0.1, -0.05) is 0 Å². The molecule has 230 valence electrons. The lowest BCUT2D eigenvalue weighted by molar-refractivity contribution is -0.176. The summed E-state index contributed by atoms with van der Waals surface area (Å²) in [4.78, 5) is 80.4. The smallest absolute Gasteiger partial charge is 0.348 e. The van der Waals surface area contributed by atoms with Crippen LogP contribution in [0.25, 0.3) is 6.08 Å². The van der Waals surface area contributed by atoms with Gasteiger partial charge in [0.1, 0.15) is 18.6 Å². The Labute approximate surface area is 239 Å². The molecule has 0 bridgehead atoms. The molecule has 4 atom stereocenters. The summed E-state index contributed by atoms with van der Waals surface area (Å²) in [5, 5.41) is 69.5. The number of amides is 2. The first-order valence-corrected chi connectivity index (χ1v) is 12.5. The number of carbonyl (C=O) groups is 7. The lowest BCUT2D eigenvalue weighted by atomic mass is 10.1. The fraction of sp³-hybridized carbons (Fsp3) is 0.348. The number of carbonyl (C=O) groups excluding carboxylic acids is 3. The minimum absolute atomic E-state index is 0.0265. The number of hydrogen-bond acceptors (Lipinski definition) is 13. The van der Waals surface area contributed by atoms with Crippen LogP contribution in [0.2, 0.25) is 0 Å². The van der Waals surface area contributed by atoms with Gasteiger partial charge in [-0.05, 0) is 30.2 Å². The van der Waals surface area contributed by atoms with Crippen LogP contribution in [0.1, 0.15) is 18.4 Å². The molecule has 0 heterocycles. The number of esters is 1. The van der Waals surface area contributed by atoms with Crippen molar-refractivity contribution in [3.8, 4) is 11.5 Å². The van der Waals surface area contributed by atoms with Crippen LogP contribution in [0.5, 0.6) is 11.5 Å². The molecule has 0 aromatic heterocycles. The number of rotatable bonds is 17. The van der Waals surface area contributed by atoms with E-state index in [9.17, 15) is 48.9 Å². The van der Waals surface area contributed by atoms with E-state index in [4.69, 9.17) is 26.2 Å². The van der Waals surface area contributed by atoms with E-state index in [1.165, 1.54) is 6.07 Å². The number of benzene rings is 1. The van der Waals surface area contributed by atoms with Gasteiger partial charge in [-0.2, -0.15) is 0 Å². The largest absolute Gasteiger partial charge is 0.504 e. The van der Waals surface area contributed by atoms with E-state index in [0.717, 1.165) is 12.1 Å². The molecular formula is C23H27N3O15S. The van der Waals surface area contributed by atoms with Gasteiger partial charge in [0.2, 0.25) is 17.9 Å². The first-order valence-electron chi connectivity index (χ1n) is 11.5. The number of ether oxygens (including phenoxy) is 1. The van der Waals surface area contributed by atoms with Gasteiger partial charge in [0.15, 0.2) is 17.6 Å². The molecule has 11 N–H and O–H groups in total. The van der Waals surface area contributed by atoms with Crippen molar-refractivity contribution in [2.24, 2.45) is 5.73 Å². The second-order valence-electron chi connectivity index (χ2n) is 8.19. The summed E-state index contributed by atoms with van der Waals surface area (Å²) in [6.07, 6.45) is -4.17. The molecule has 1 rings (SSSR count). The molecule has 0 spiro atoms. The first-order chi connectivity index (χ1) is 19.5. The quantitative estimate of drug-likeness (QED) is 0.0374. The maximum absolute atomic E-state index is 12.5. The van der Waals surface area contributed by atoms with E-state index in [2.05, 4.69) is 10.1 Å². The van der Waals surface area contributed by atoms with Gasteiger partial charge in [0, 0.05) is 18.2 Å². The van der Waals surface area contributed by atoms with Gasteiger partial charge in [-0.15, -0.1) is 11.8 Å². The Balaban J connectivity index is 3.17. The van der Waals surface area contributed by atoms with Gasteiger partial charge in [-0.25, -0.2) is 14.4 Å². The second-order valence-corrected chi connectivity index (χ2v) is 9.22. The van der Waals surface area contributed by atoms with Gasteiger partial charge in [0.25, 0.3) is 0 Å². The summed E-state index contributed by atoms with van der Waals surface area (Å²) in [7, 11) is 0. The van der Waals surface area contributed by atoms with Crippen molar-refractivity contribution in [3.05, 3.63) is 23.8 Å². The van der Waals surface area contributed by atoms with Crippen LogP contribution in [-0.2, 0) is 38.3 Å². The van der Waals surface area contributed by atoms with Crippen molar-refractivity contribution >= 4 is 59.5 Å². The zero-order chi connectivity index (χ0) is 32.1. The maximum Gasteiger partial charge on any atom is 0.348 e. The molecule has 42 heavy (non-hydrogen) atoms. The molecule has 0 fully saturated rings. The predicted octanol–water partition coefficient (Wildman–Crippen LogP) is -2.48. The van der Waals surface area contributed by atoms with E-state index < -0.39 is 96.2 Å². The summed E-state index contributed by atoms with van der Waals surface area (Å²) >= 11 is 0.642. The average Bonchev–Trinajstić information content (AvgIpc) is 2.91. The number of phenolic OH excluding ortho intramolecular Hbond substituents is 2. The van der Waals surface area contributed by atoms with Gasteiger partial charge >= 0.3 is 29.8 Å². The van der Waals surface area contributed by atoms with Gasteiger partial charge in [0.05, 0.1) is 4.90 Å². The van der Waals surface area contributed by atoms with E-state index in [0.29, 0.717) is 17.8 Å². The van der Waals surface area contributed by atoms with Crippen LogP contribution in [-0.4, -0.2) is 114 Å². The van der Waals surface area contributed by atoms with E-state index >= 15 is 0 Å². The van der Waals surface area contributed by atoms with Crippen LogP contribution in [0.15, 0.2) is 23.1 Å². The van der Waals surface area contributed by atoms with Crippen LogP contribution in [0, 0.1) is 0 Å². The highest BCUT2D eigenvalue weighted by molar-refractivity contribution is 7.99. The standard InChI is InChI=1S/C23H27N3O15S/c24-10(21(35)36)3-5-13(28)26-11(20(34)25-7-14(29)30)8-42-19-9(1-4-12(27)16(19)32)2-6-15(31)41-18(23(39)40)17(33)22(37)38/h1-2,4,6,10-11,17-18,27,32-33H,3,5,7-8,24H2,(H,25,34)(H,26,28)(H,29,30)(H,35,36)(H,37,38)(H,39,40)/b6-2-/t10-,11-,17?,18?/m0/s1. The monoisotopic (exact) mass is 617 g/mol. The highest BCUT2D eigenvalue weighted by atomic mass is 32.2. The van der Waals surface area contributed by atoms with Crippen molar-refractivity contribution in [1.29, 1.82) is 0 Å². The number of hydrogen-bond donors (Lipinski definition) is 10. The van der Waals surface area contributed by atoms with Crippen molar-refractivity contribution in [2.75, 3.05) is 12.3 Å². The van der Waals surface area contributed by atoms with Gasteiger partial charge in [-0.3, -0.25) is 19.2 Å². The Bertz CT molecular complexity index is 1250. The SMILES string of the molecule is N[C@@H](CCC(=O)N[C@@H](CSc1c(/C=C\C(=O)OC(C(=O)O)C(O)C(=O)O)ccc(O)c1O)C(=O)NCC(=O)O)C(=O)O. The van der Waals surface area contributed by atoms with E-state index in [1.807, 2.05) is 5.32 Å². The van der Waals surface area contributed by atoms with Crippen LogP contribution >= 0.6 is 11.8 Å². The molecule has 0 radical (unpaired) electrons. The molecule has 2 amide bonds. The number of thioether (sulfide) groups is 1. The van der Waals surface area contributed by atoms with Crippen LogP contribution in [0.3, 0.4) is 0 Å². The molecule has 2 unspecified atom stereocenters. The molecule has 1 aromatic carbocycles. The molecule has 0 aliphatic rings. The van der Waals surface area contributed by atoms with Crippen LogP contribution in [0.4, 0.5) is 0 Å². The number of nitrogens with one attached hydrogen (secondary N) is 2. The minimum Gasteiger partial charge on any atom is -0.504 e. The highest BCUT2D eigenvalue weighted by Gasteiger charge is 2.35. The molecule has 18 nitrogen and oxygen atoms in total. The zero-order valence-corrected chi connectivity index (χ0v) is 22.1. The minimum atomic E-state index is -2.58. The normalized spacial score (nSPS) is 13.8. The summed E-state index contributed by atoms with van der Waals surface area (Å²) < 4.78 is 4.46. The maximum atomic E-state index is 12.5. The third-order valence-electron chi connectivity index (χ3n) is 5.03. The number of nitrogens with two attached hydrogens (primary N) is 1. The first kappa shape index (κ1) is 35.1. The summed E-state index contributed by atoms with van der Waals surface area (Å²) in [6, 6.07) is -0.649. The Morgan fingerprint density at radius 2 is 1.62 bits per heavy atom. The Morgan fingerprint density at radius 1 is 0.976 bits per heavy atom. The highest BCUT2D eigenvalue weighted by Crippen LogP contribution is 2.39. The second kappa shape index (κ2) is 16.4. The number of carboxylic acid groups (broad SMARTS) is 4. The molecule has 0 saturated carbocycles. The summed E-state index contributed by atoms with van der Waals surface area (Å²) in [6.45, 7) is -0.818. The molecule has 1 aromatic rings. The third-order valence-corrected chi connectivity index (χ3v) is 6.24. The number of phenols is 2. The van der Waals surface area contributed by atoms with Gasteiger partial charge < -0.3 is 56.8 Å². The molecule has 0 saturated heterocycles.